The Balaban J connectivity index is 1.29. The van der Waals surface area contributed by atoms with Crippen molar-refractivity contribution >= 4 is 39.1 Å². The number of hydrogen-bond acceptors (Lipinski definition) is 10. The lowest BCUT2D eigenvalue weighted by Crippen LogP contribution is -2.43. The minimum absolute atomic E-state index is 0.0471. The van der Waals surface area contributed by atoms with E-state index in [1.54, 1.807) is 31.4 Å². The molecule has 2 aliphatic rings. The molecule has 2 fully saturated rings. The predicted molar refractivity (Wildman–Crippen MR) is 153 cm³/mol. The van der Waals surface area contributed by atoms with Crippen LogP contribution in [-0.4, -0.2) is 61.0 Å². The van der Waals surface area contributed by atoms with Crippen LogP contribution >= 0.6 is 11.8 Å². The summed E-state index contributed by atoms with van der Waals surface area (Å²) in [7, 11) is -1.86. The zero-order chi connectivity index (χ0) is 27.7. The molecular weight excluding hydrogens is 548 g/mol. The van der Waals surface area contributed by atoms with Crippen molar-refractivity contribution in [3.63, 3.8) is 0 Å². The van der Waals surface area contributed by atoms with E-state index in [9.17, 15) is 8.42 Å². The highest BCUT2D eigenvalue weighted by atomic mass is 32.2. The number of anilines is 3. The number of morpholine rings is 1. The molecule has 2 unspecified atom stereocenters. The maximum Gasteiger partial charge on any atom is 0.204 e. The maximum absolute atomic E-state index is 13.0. The minimum Gasteiger partial charge on any atom is -0.490 e. The molecule has 2 N–H and O–H groups in total. The number of hydrogen-bond donors (Lipinski definition) is 2. The number of nitrogens with one attached hydrogen (secondary N) is 2. The molecule has 0 spiro atoms. The molecule has 2 saturated heterocycles. The van der Waals surface area contributed by atoms with Crippen molar-refractivity contribution in [1.29, 1.82) is 0 Å². The summed E-state index contributed by atoms with van der Waals surface area (Å²) in [5.41, 5.74) is 1.67. The van der Waals surface area contributed by atoms with E-state index in [1.165, 1.54) is 11.8 Å². The molecule has 12 heteroatoms. The number of aromatic nitrogens is 4. The monoisotopic (exact) mass is 578 g/mol. The lowest BCUT2D eigenvalue weighted by molar-refractivity contribution is 0.0300. The largest absolute Gasteiger partial charge is 0.490 e. The smallest absolute Gasteiger partial charge is 0.204 e. The van der Waals surface area contributed by atoms with Crippen molar-refractivity contribution in [3.05, 3.63) is 71.9 Å². The van der Waals surface area contributed by atoms with Crippen LogP contribution in [0.15, 0.2) is 75.6 Å². The van der Waals surface area contributed by atoms with Gasteiger partial charge in [0.25, 0.3) is 0 Å². The first kappa shape index (κ1) is 26.6. The van der Waals surface area contributed by atoms with Gasteiger partial charge in [-0.05, 0) is 61.4 Å². The molecule has 10 nitrogen and oxygen atoms in total. The molecule has 2 atom stereocenters. The van der Waals surface area contributed by atoms with E-state index in [-0.39, 0.29) is 22.9 Å². The lowest BCUT2D eigenvalue weighted by atomic mass is 10.2. The van der Waals surface area contributed by atoms with E-state index in [1.807, 2.05) is 43.3 Å². The molecule has 2 aromatic heterocycles. The third-order valence-corrected chi connectivity index (χ3v) is 9.50. The second kappa shape index (κ2) is 11.1. The summed E-state index contributed by atoms with van der Waals surface area (Å²) < 4.78 is 37.8. The van der Waals surface area contributed by atoms with Gasteiger partial charge in [0.2, 0.25) is 5.75 Å². The Labute approximate surface area is 237 Å². The van der Waals surface area contributed by atoms with Gasteiger partial charge in [-0.2, -0.15) is 5.10 Å². The number of aryl methyl sites for hydroxylation is 1. The molecule has 2 bridgehead atoms. The molecule has 0 radical (unpaired) electrons. The lowest BCUT2D eigenvalue weighted by Gasteiger charge is -2.34. The summed E-state index contributed by atoms with van der Waals surface area (Å²) >= 11 is 1.36. The van der Waals surface area contributed by atoms with Crippen molar-refractivity contribution in [2.24, 2.45) is 0 Å². The molecule has 4 heterocycles. The number of sulfone groups is 1. The predicted octanol–water partition coefficient (Wildman–Crippen LogP) is 4.75. The first-order chi connectivity index (χ1) is 19.4. The molecule has 40 heavy (non-hydrogen) atoms. The van der Waals surface area contributed by atoms with Crippen LogP contribution in [0.2, 0.25) is 0 Å². The average Bonchev–Trinajstić information content (AvgIpc) is 3.51. The molecule has 0 amide bonds. The summed E-state index contributed by atoms with van der Waals surface area (Å²) in [6, 6.07) is 17.9. The SMILES string of the molecule is COc1c(Nc2cc(C)[nH]n2)nc(Sc2ccc(S(=O)(=O)Cc3ccccc3)cc2)nc1N1CC2CCC(C1)O2. The highest BCUT2D eigenvalue weighted by molar-refractivity contribution is 7.99. The van der Waals surface area contributed by atoms with E-state index < -0.39 is 9.84 Å². The van der Waals surface area contributed by atoms with E-state index in [4.69, 9.17) is 19.4 Å². The van der Waals surface area contributed by atoms with Gasteiger partial charge >= 0.3 is 0 Å². The quantitative estimate of drug-likeness (QED) is 0.269. The fourth-order valence-electron chi connectivity index (χ4n) is 5.04. The summed E-state index contributed by atoms with van der Waals surface area (Å²) in [6.45, 7) is 3.38. The number of nitrogens with zero attached hydrogens (tertiary/aromatic N) is 4. The van der Waals surface area contributed by atoms with Gasteiger partial charge in [0, 0.05) is 29.7 Å². The Morgan fingerprint density at radius 2 is 1.80 bits per heavy atom. The van der Waals surface area contributed by atoms with Crippen LogP contribution in [0.4, 0.5) is 17.5 Å². The van der Waals surface area contributed by atoms with Crippen molar-refractivity contribution in [3.8, 4) is 5.75 Å². The zero-order valence-electron chi connectivity index (χ0n) is 22.2. The molecule has 0 aliphatic carbocycles. The van der Waals surface area contributed by atoms with Crippen LogP contribution in [0, 0.1) is 6.92 Å². The van der Waals surface area contributed by atoms with Crippen LogP contribution in [0.5, 0.6) is 5.75 Å². The standard InChI is InChI=1S/C28H30N6O4S2/c1-18-14-24(33-32-18)29-26-25(37-2)27(34-15-20-8-9-21(16-34)38-20)31-28(30-26)39-22-10-12-23(13-11-22)40(35,36)17-19-6-4-3-5-7-19/h3-7,10-14,20-21H,8-9,15-17H2,1-2H3,(H2,29,30,31,32,33). The van der Waals surface area contributed by atoms with Crippen LogP contribution in [0.1, 0.15) is 24.1 Å². The third kappa shape index (κ3) is 5.79. The number of rotatable bonds is 9. The normalized spacial score (nSPS) is 18.6. The second-order valence-electron chi connectivity index (χ2n) is 9.95. The van der Waals surface area contributed by atoms with Crippen molar-refractivity contribution in [2.75, 3.05) is 30.4 Å². The molecule has 2 aliphatic heterocycles. The third-order valence-electron chi connectivity index (χ3n) is 6.92. The highest BCUT2D eigenvalue weighted by Crippen LogP contribution is 2.40. The Morgan fingerprint density at radius 3 is 2.45 bits per heavy atom. The van der Waals surface area contributed by atoms with Gasteiger partial charge in [0.1, 0.15) is 0 Å². The Kier molecular flexibility index (Phi) is 7.39. The van der Waals surface area contributed by atoms with E-state index in [2.05, 4.69) is 20.4 Å². The topological polar surface area (TPSA) is 122 Å². The number of H-pyrrole nitrogens is 1. The minimum atomic E-state index is -3.47. The first-order valence-corrected chi connectivity index (χ1v) is 15.5. The summed E-state index contributed by atoms with van der Waals surface area (Å²) in [6.07, 6.45) is 2.41. The van der Waals surface area contributed by atoms with E-state index in [0.29, 0.717) is 28.4 Å². The number of ether oxygens (including phenoxy) is 2. The van der Waals surface area contributed by atoms with Crippen LogP contribution in [-0.2, 0) is 20.3 Å². The van der Waals surface area contributed by atoms with Gasteiger partial charge in [-0.15, -0.1) is 0 Å². The summed E-state index contributed by atoms with van der Waals surface area (Å²) in [4.78, 5) is 13.0. The van der Waals surface area contributed by atoms with Gasteiger partial charge in [-0.1, -0.05) is 30.3 Å². The summed E-state index contributed by atoms with van der Waals surface area (Å²) in [5, 5.41) is 11.0. The fourth-order valence-corrected chi connectivity index (χ4v) is 7.14. The number of benzene rings is 2. The van der Waals surface area contributed by atoms with Crippen molar-refractivity contribution in [1.82, 2.24) is 20.2 Å². The fraction of sp³-hybridized carbons (Fsp3) is 0.321. The molecule has 0 saturated carbocycles. The Hall–Kier alpha value is -3.61. The van der Waals surface area contributed by atoms with Gasteiger partial charge in [-0.3, -0.25) is 5.10 Å². The molecular formula is C28H30N6O4S2. The molecule has 2 aromatic carbocycles. The van der Waals surface area contributed by atoms with Crippen LogP contribution in [0.25, 0.3) is 0 Å². The van der Waals surface area contributed by atoms with Gasteiger partial charge < -0.3 is 19.7 Å². The number of fused-ring (bicyclic) bond motifs is 2. The van der Waals surface area contributed by atoms with Crippen molar-refractivity contribution in [2.45, 2.75) is 52.7 Å². The second-order valence-corrected chi connectivity index (χ2v) is 13.0. The number of aromatic amines is 1. The molecule has 208 valence electrons. The highest BCUT2D eigenvalue weighted by Gasteiger charge is 2.36. The zero-order valence-corrected chi connectivity index (χ0v) is 23.8. The van der Waals surface area contributed by atoms with Crippen LogP contribution < -0.4 is 15.0 Å². The van der Waals surface area contributed by atoms with E-state index >= 15 is 0 Å². The van der Waals surface area contributed by atoms with Gasteiger partial charge in [-0.25, -0.2) is 18.4 Å². The molecule has 6 rings (SSSR count). The average molecular weight is 579 g/mol. The van der Waals surface area contributed by atoms with Crippen LogP contribution in [0.3, 0.4) is 0 Å². The Morgan fingerprint density at radius 1 is 1.07 bits per heavy atom. The molecule has 4 aromatic rings. The maximum atomic E-state index is 13.0. The Bertz CT molecular complexity index is 1580. The summed E-state index contributed by atoms with van der Waals surface area (Å²) in [5.74, 6) is 2.30. The van der Waals surface area contributed by atoms with Gasteiger partial charge in [0.05, 0.1) is 30.0 Å². The van der Waals surface area contributed by atoms with E-state index in [0.717, 1.165) is 42.1 Å². The number of methoxy groups -OCH3 is 1. The first-order valence-electron chi connectivity index (χ1n) is 13.1. The van der Waals surface area contributed by atoms with Gasteiger partial charge in [0.15, 0.2) is 32.4 Å². The van der Waals surface area contributed by atoms with Crippen molar-refractivity contribution < 1.29 is 17.9 Å².